The van der Waals surface area contributed by atoms with Crippen molar-refractivity contribution in [2.24, 2.45) is 5.73 Å². The number of nitrogens with two attached hydrogens (primary N) is 1. The smallest absolute Gasteiger partial charge is 0.339 e. The highest BCUT2D eigenvalue weighted by Crippen LogP contribution is 2.11. The third-order valence-corrected chi connectivity index (χ3v) is 2.15. The molecule has 0 unspecified atom stereocenters. The average Bonchev–Trinajstić information content (AvgIpc) is 2.71. The van der Waals surface area contributed by atoms with Crippen molar-refractivity contribution in [2.45, 2.75) is 6.42 Å². The lowest BCUT2D eigenvalue weighted by Crippen LogP contribution is -2.19. The molecule has 2 N–H and O–H groups in total. The zero-order chi connectivity index (χ0) is 12.4. The van der Waals surface area contributed by atoms with Crippen molar-refractivity contribution in [1.29, 1.82) is 0 Å². The summed E-state index contributed by atoms with van der Waals surface area (Å²) in [5, 5.41) is 3.68. The molecule has 17 heavy (non-hydrogen) atoms. The molecule has 2 aromatic heterocycles. The van der Waals surface area contributed by atoms with E-state index in [0.717, 1.165) is 10.7 Å². The van der Waals surface area contributed by atoms with Crippen molar-refractivity contribution in [3.8, 4) is 0 Å². The van der Waals surface area contributed by atoms with Crippen LogP contribution in [0.2, 0.25) is 0 Å². The molecule has 2 rings (SSSR count). The summed E-state index contributed by atoms with van der Waals surface area (Å²) in [7, 11) is 0. The molecule has 88 valence electrons. The lowest BCUT2D eigenvalue weighted by molar-refractivity contribution is 0.247. The molecular weight excluding hydrogens is 230 g/mol. The predicted octanol–water partition coefficient (Wildman–Crippen LogP) is 1.07. The first-order valence-electron chi connectivity index (χ1n) is 4.70. The number of amides is 1. The molecule has 0 spiro atoms. The molecule has 2 aromatic rings. The fourth-order valence-electron chi connectivity index (χ4n) is 1.36. The van der Waals surface area contributed by atoms with Gasteiger partial charge in [-0.15, -0.1) is 0 Å². The van der Waals surface area contributed by atoms with Crippen molar-refractivity contribution in [2.75, 3.05) is 0 Å². The number of hydrogen-bond donors (Lipinski definition) is 1. The first-order valence-corrected chi connectivity index (χ1v) is 4.70. The molecule has 0 aliphatic rings. The van der Waals surface area contributed by atoms with Crippen LogP contribution in [-0.4, -0.2) is 20.8 Å². The van der Waals surface area contributed by atoms with Gasteiger partial charge in [-0.1, -0.05) is 0 Å². The number of rotatable bonds is 2. The second-order valence-electron chi connectivity index (χ2n) is 3.39. The van der Waals surface area contributed by atoms with Crippen LogP contribution in [0.1, 0.15) is 11.1 Å². The standard InChI is InChI=1S/C10H8F2N4O/c11-8-2-1-7(9(12)15-8)3-6-4-14-16(5-6)10(13)17/h1-2,4-5H,3H2,(H2,13,17). The number of halogens is 2. The Morgan fingerprint density at radius 1 is 1.41 bits per heavy atom. The molecule has 0 saturated carbocycles. The minimum atomic E-state index is -0.878. The zero-order valence-corrected chi connectivity index (χ0v) is 8.60. The lowest BCUT2D eigenvalue weighted by atomic mass is 10.1. The maximum Gasteiger partial charge on any atom is 0.339 e. The third-order valence-electron chi connectivity index (χ3n) is 2.15. The molecule has 0 bridgehead atoms. The minimum Gasteiger partial charge on any atom is -0.350 e. The SMILES string of the molecule is NC(=O)n1cc(Cc2ccc(F)nc2F)cn1. The Balaban J connectivity index is 2.22. The molecule has 2 heterocycles. The van der Waals surface area contributed by atoms with Gasteiger partial charge >= 0.3 is 6.03 Å². The molecule has 0 aromatic carbocycles. The van der Waals surface area contributed by atoms with Gasteiger partial charge in [0.25, 0.3) is 0 Å². The van der Waals surface area contributed by atoms with E-state index in [0.29, 0.717) is 5.56 Å². The van der Waals surface area contributed by atoms with E-state index in [2.05, 4.69) is 10.1 Å². The van der Waals surface area contributed by atoms with E-state index in [1.807, 2.05) is 0 Å². The van der Waals surface area contributed by atoms with Crippen molar-refractivity contribution in [3.05, 3.63) is 47.5 Å². The predicted molar refractivity (Wildman–Crippen MR) is 54.2 cm³/mol. The highest BCUT2D eigenvalue weighted by atomic mass is 19.1. The summed E-state index contributed by atoms with van der Waals surface area (Å²) in [6.07, 6.45) is 2.92. The Kier molecular flexibility index (Phi) is 2.82. The van der Waals surface area contributed by atoms with Crippen LogP contribution >= 0.6 is 0 Å². The van der Waals surface area contributed by atoms with Gasteiger partial charge in [0.2, 0.25) is 11.9 Å². The molecule has 1 amide bonds. The Bertz CT molecular complexity index is 567. The highest BCUT2D eigenvalue weighted by molar-refractivity contribution is 5.73. The zero-order valence-electron chi connectivity index (χ0n) is 8.60. The van der Waals surface area contributed by atoms with Gasteiger partial charge in [0, 0.05) is 18.2 Å². The second-order valence-corrected chi connectivity index (χ2v) is 3.39. The second kappa shape index (κ2) is 4.28. The first-order chi connectivity index (χ1) is 8.06. The number of primary amides is 1. The highest BCUT2D eigenvalue weighted by Gasteiger charge is 2.08. The monoisotopic (exact) mass is 238 g/mol. The van der Waals surface area contributed by atoms with Gasteiger partial charge in [0.05, 0.1) is 6.20 Å². The summed E-state index contributed by atoms with van der Waals surface area (Å²) < 4.78 is 26.7. The first kappa shape index (κ1) is 11.2. The molecule has 5 nitrogen and oxygen atoms in total. The van der Waals surface area contributed by atoms with Crippen molar-refractivity contribution < 1.29 is 13.6 Å². The summed E-state index contributed by atoms with van der Waals surface area (Å²) in [6, 6.07) is 1.63. The normalized spacial score (nSPS) is 10.5. The fraction of sp³-hybridized carbons (Fsp3) is 0.100. The Hall–Kier alpha value is -2.31. The van der Waals surface area contributed by atoms with Crippen molar-refractivity contribution in [1.82, 2.24) is 14.8 Å². The van der Waals surface area contributed by atoms with Crippen LogP contribution in [0.4, 0.5) is 13.6 Å². The van der Waals surface area contributed by atoms with Gasteiger partial charge in [-0.05, 0) is 17.7 Å². The number of carbonyl (C=O) groups excluding carboxylic acids is 1. The molecule has 0 saturated heterocycles. The largest absolute Gasteiger partial charge is 0.350 e. The van der Waals surface area contributed by atoms with E-state index < -0.39 is 17.9 Å². The minimum absolute atomic E-state index is 0.159. The van der Waals surface area contributed by atoms with E-state index in [-0.39, 0.29) is 12.0 Å². The molecule has 7 heteroatoms. The van der Waals surface area contributed by atoms with Gasteiger partial charge < -0.3 is 5.73 Å². The number of carbonyl (C=O) groups is 1. The summed E-state index contributed by atoms with van der Waals surface area (Å²) >= 11 is 0. The fourth-order valence-corrected chi connectivity index (χ4v) is 1.36. The summed E-state index contributed by atoms with van der Waals surface area (Å²) in [5.74, 6) is -1.75. The Morgan fingerprint density at radius 2 is 2.18 bits per heavy atom. The summed E-state index contributed by atoms with van der Waals surface area (Å²) in [5.41, 5.74) is 5.79. The van der Waals surface area contributed by atoms with Crippen molar-refractivity contribution >= 4 is 6.03 Å². The lowest BCUT2D eigenvalue weighted by Gasteiger charge is -1.99. The number of pyridine rings is 1. The van der Waals surface area contributed by atoms with Crippen LogP contribution in [0.25, 0.3) is 0 Å². The van der Waals surface area contributed by atoms with E-state index in [1.54, 1.807) is 0 Å². The maximum atomic E-state index is 13.2. The van der Waals surface area contributed by atoms with E-state index in [4.69, 9.17) is 5.73 Å². The average molecular weight is 238 g/mol. The van der Waals surface area contributed by atoms with Gasteiger partial charge in [-0.3, -0.25) is 0 Å². The quantitative estimate of drug-likeness (QED) is 0.795. The molecule has 0 aliphatic heterocycles. The molecular formula is C10H8F2N4O. The van der Waals surface area contributed by atoms with Crippen LogP contribution in [0, 0.1) is 11.9 Å². The van der Waals surface area contributed by atoms with E-state index >= 15 is 0 Å². The third kappa shape index (κ3) is 2.44. The maximum absolute atomic E-state index is 13.2. The Morgan fingerprint density at radius 3 is 2.76 bits per heavy atom. The molecule has 0 atom stereocenters. The number of nitrogens with zero attached hydrogens (tertiary/aromatic N) is 3. The van der Waals surface area contributed by atoms with Gasteiger partial charge in [-0.25, -0.2) is 4.79 Å². The van der Waals surface area contributed by atoms with Crippen LogP contribution < -0.4 is 5.73 Å². The number of aromatic nitrogens is 3. The van der Waals surface area contributed by atoms with Crippen LogP contribution in [0.3, 0.4) is 0 Å². The van der Waals surface area contributed by atoms with Crippen molar-refractivity contribution in [3.63, 3.8) is 0 Å². The van der Waals surface area contributed by atoms with E-state index in [9.17, 15) is 13.6 Å². The molecule has 0 aliphatic carbocycles. The van der Waals surface area contributed by atoms with Gasteiger partial charge in [0.15, 0.2) is 0 Å². The van der Waals surface area contributed by atoms with Crippen LogP contribution in [-0.2, 0) is 6.42 Å². The summed E-state index contributed by atoms with van der Waals surface area (Å²) in [6.45, 7) is 0. The van der Waals surface area contributed by atoms with Gasteiger partial charge in [-0.2, -0.15) is 23.5 Å². The van der Waals surface area contributed by atoms with Gasteiger partial charge in [0.1, 0.15) is 0 Å². The molecule has 0 radical (unpaired) electrons. The summed E-state index contributed by atoms with van der Waals surface area (Å²) in [4.78, 5) is 13.8. The van der Waals surface area contributed by atoms with E-state index in [1.165, 1.54) is 18.5 Å². The topological polar surface area (TPSA) is 73.8 Å². The molecule has 0 fully saturated rings. The Labute approximate surface area is 94.9 Å². The van der Waals surface area contributed by atoms with Crippen LogP contribution in [0.15, 0.2) is 24.5 Å². The number of hydrogen-bond acceptors (Lipinski definition) is 3. The van der Waals surface area contributed by atoms with Crippen LogP contribution in [0.5, 0.6) is 0 Å².